The second-order valence-electron chi connectivity index (χ2n) is 6.83. The molecular formula is C16H24Si. The monoisotopic (exact) mass is 244 g/mol. The zero-order chi connectivity index (χ0) is 12.7. The first-order chi connectivity index (χ1) is 7.79. The predicted octanol–water partition coefficient (Wildman–Crippen LogP) is 4.85. The molecule has 0 saturated carbocycles. The van der Waals surface area contributed by atoms with Crippen molar-refractivity contribution >= 4 is 14.1 Å². The molecule has 17 heavy (non-hydrogen) atoms. The zero-order valence-electron chi connectivity index (χ0n) is 11.8. The Morgan fingerprint density at radius 1 is 1.06 bits per heavy atom. The first-order valence-electron chi connectivity index (χ1n) is 6.61. The van der Waals surface area contributed by atoms with Crippen LogP contribution in [-0.4, -0.2) is 8.07 Å². The van der Waals surface area contributed by atoms with Gasteiger partial charge in [-0.25, -0.2) is 0 Å². The Bertz CT molecular complexity index is 447. The van der Waals surface area contributed by atoms with E-state index in [1.54, 1.807) is 11.1 Å². The summed E-state index contributed by atoms with van der Waals surface area (Å²) >= 11 is 0. The van der Waals surface area contributed by atoms with Crippen LogP contribution >= 0.6 is 0 Å². The van der Waals surface area contributed by atoms with E-state index in [1.807, 2.05) is 0 Å². The van der Waals surface area contributed by atoms with Crippen LogP contribution < -0.4 is 0 Å². The van der Waals surface area contributed by atoms with Crippen LogP contribution in [0.3, 0.4) is 0 Å². The Hall–Kier alpha value is -0.823. The molecule has 0 fully saturated rings. The van der Waals surface area contributed by atoms with Gasteiger partial charge >= 0.3 is 0 Å². The van der Waals surface area contributed by atoms with E-state index in [9.17, 15) is 0 Å². The van der Waals surface area contributed by atoms with Crippen molar-refractivity contribution in [1.82, 2.24) is 0 Å². The molecule has 0 nitrogen and oxygen atoms in total. The first-order valence-corrected chi connectivity index (χ1v) is 9.68. The highest BCUT2D eigenvalue weighted by Crippen LogP contribution is 2.37. The molecule has 2 rings (SSSR count). The van der Waals surface area contributed by atoms with E-state index in [1.165, 1.54) is 18.4 Å². The number of hydrogen-bond acceptors (Lipinski definition) is 0. The molecule has 0 aliphatic heterocycles. The van der Waals surface area contributed by atoms with Gasteiger partial charge in [-0.3, -0.25) is 0 Å². The summed E-state index contributed by atoms with van der Waals surface area (Å²) in [6, 6.07) is 6.92. The fourth-order valence-corrected chi connectivity index (χ4v) is 2.98. The number of fused-ring (bicyclic) bond motifs is 1. The van der Waals surface area contributed by atoms with Gasteiger partial charge in [-0.2, -0.15) is 0 Å². The molecule has 0 amide bonds. The second kappa shape index (κ2) is 4.13. The number of benzene rings is 1. The maximum atomic E-state index is 2.49. The van der Waals surface area contributed by atoms with Crippen molar-refractivity contribution in [2.75, 3.05) is 0 Å². The fraction of sp³-hybridized carbons (Fsp3) is 0.500. The van der Waals surface area contributed by atoms with Crippen LogP contribution in [0.25, 0.3) is 6.08 Å². The Labute approximate surface area is 107 Å². The summed E-state index contributed by atoms with van der Waals surface area (Å²) in [5, 5.41) is 0.434. The van der Waals surface area contributed by atoms with Crippen molar-refractivity contribution in [3.05, 3.63) is 40.6 Å². The van der Waals surface area contributed by atoms with Gasteiger partial charge in [0.1, 0.15) is 0 Å². The van der Waals surface area contributed by atoms with E-state index < -0.39 is 8.07 Å². The highest BCUT2D eigenvalue weighted by molar-refractivity contribution is 6.85. The molecule has 0 aromatic heterocycles. The van der Waals surface area contributed by atoms with Crippen LogP contribution in [0.5, 0.6) is 0 Å². The minimum Gasteiger partial charge on any atom is -0.0936 e. The molecule has 0 atom stereocenters. The quantitative estimate of drug-likeness (QED) is 0.653. The maximum Gasteiger partial charge on any atom is 0.0770 e. The van der Waals surface area contributed by atoms with Gasteiger partial charge in [-0.1, -0.05) is 63.8 Å². The summed E-state index contributed by atoms with van der Waals surface area (Å²) in [5.74, 6) is 0. The number of aryl methyl sites for hydroxylation is 2. The smallest absolute Gasteiger partial charge is 0.0770 e. The molecular weight excluding hydrogens is 220 g/mol. The Kier molecular flexibility index (Phi) is 3.07. The molecule has 1 aliphatic carbocycles. The van der Waals surface area contributed by atoms with Crippen molar-refractivity contribution in [1.29, 1.82) is 0 Å². The molecule has 0 radical (unpaired) electrons. The summed E-state index contributed by atoms with van der Waals surface area (Å²) in [6.45, 7) is 12.0. The van der Waals surface area contributed by atoms with E-state index in [0.29, 0.717) is 5.04 Å². The van der Waals surface area contributed by atoms with Crippen LogP contribution in [0.2, 0.25) is 18.1 Å². The summed E-state index contributed by atoms with van der Waals surface area (Å²) < 4.78 is 0. The van der Waals surface area contributed by atoms with Gasteiger partial charge < -0.3 is 0 Å². The third kappa shape index (κ3) is 2.55. The minimum atomic E-state index is -1.28. The van der Waals surface area contributed by atoms with Gasteiger partial charge in [0.05, 0.1) is 8.07 Å². The van der Waals surface area contributed by atoms with Gasteiger partial charge in [0, 0.05) is 0 Å². The average molecular weight is 244 g/mol. The first kappa shape index (κ1) is 12.6. The minimum absolute atomic E-state index is 0.434. The highest BCUT2D eigenvalue weighted by atomic mass is 28.3. The van der Waals surface area contributed by atoms with Crippen molar-refractivity contribution in [2.45, 2.75) is 51.7 Å². The van der Waals surface area contributed by atoms with Crippen LogP contribution in [0.1, 0.15) is 37.5 Å². The molecule has 0 saturated heterocycles. The third-order valence-electron chi connectivity index (χ3n) is 4.52. The Morgan fingerprint density at radius 2 is 1.71 bits per heavy atom. The molecule has 0 heterocycles. The van der Waals surface area contributed by atoms with Crippen LogP contribution in [0, 0.1) is 0 Å². The molecule has 1 heteroatoms. The molecule has 1 aromatic carbocycles. The number of hydrogen-bond donors (Lipinski definition) is 0. The molecule has 92 valence electrons. The average Bonchev–Trinajstić information content (AvgIpc) is 2.16. The van der Waals surface area contributed by atoms with Crippen LogP contribution in [-0.2, 0) is 12.8 Å². The Morgan fingerprint density at radius 3 is 2.18 bits per heavy atom. The molecule has 1 aromatic rings. The molecule has 0 unspecified atom stereocenters. The highest BCUT2D eigenvalue weighted by Gasteiger charge is 2.32. The number of rotatable bonds is 2. The topological polar surface area (TPSA) is 0 Å². The third-order valence-corrected chi connectivity index (χ3v) is 9.39. The lowest BCUT2D eigenvalue weighted by molar-refractivity contribution is 0.729. The van der Waals surface area contributed by atoms with E-state index >= 15 is 0 Å². The van der Waals surface area contributed by atoms with E-state index in [-0.39, 0.29) is 0 Å². The van der Waals surface area contributed by atoms with Crippen LogP contribution in [0.15, 0.2) is 23.9 Å². The van der Waals surface area contributed by atoms with Gasteiger partial charge in [-0.05, 0) is 34.6 Å². The lowest BCUT2D eigenvalue weighted by atomic mass is 9.87. The van der Waals surface area contributed by atoms with Gasteiger partial charge in [0.2, 0.25) is 0 Å². The normalized spacial score (nSPS) is 15.8. The second-order valence-corrected chi connectivity index (χ2v) is 12.1. The van der Waals surface area contributed by atoms with E-state index in [0.717, 1.165) is 0 Å². The lowest BCUT2D eigenvalue weighted by Crippen LogP contribution is -2.34. The summed E-state index contributed by atoms with van der Waals surface area (Å²) in [7, 11) is -1.28. The fourth-order valence-electron chi connectivity index (χ4n) is 1.87. The van der Waals surface area contributed by atoms with E-state index in [4.69, 9.17) is 0 Å². The van der Waals surface area contributed by atoms with Crippen molar-refractivity contribution < 1.29 is 0 Å². The van der Waals surface area contributed by atoms with E-state index in [2.05, 4.69) is 63.8 Å². The molecule has 1 aliphatic rings. The summed E-state index contributed by atoms with van der Waals surface area (Å²) in [5.41, 5.74) is 6.98. The van der Waals surface area contributed by atoms with Gasteiger partial charge in [0.25, 0.3) is 0 Å². The summed E-state index contributed by atoms with van der Waals surface area (Å²) in [4.78, 5) is 0. The molecule has 0 N–H and O–H groups in total. The SMILES string of the molecule is CC(C)(C)[Si](C)(C)/C=C/c1ccc2c(c1)CC2. The van der Waals surface area contributed by atoms with Crippen molar-refractivity contribution in [3.63, 3.8) is 0 Å². The van der Waals surface area contributed by atoms with Crippen molar-refractivity contribution in [3.8, 4) is 0 Å². The lowest BCUT2D eigenvalue weighted by Gasteiger charge is -2.34. The van der Waals surface area contributed by atoms with Gasteiger partial charge in [-0.15, -0.1) is 0 Å². The van der Waals surface area contributed by atoms with Crippen LogP contribution in [0.4, 0.5) is 0 Å². The predicted molar refractivity (Wildman–Crippen MR) is 80.1 cm³/mol. The maximum absolute atomic E-state index is 2.49. The largest absolute Gasteiger partial charge is 0.0936 e. The zero-order valence-corrected chi connectivity index (χ0v) is 12.8. The van der Waals surface area contributed by atoms with Gasteiger partial charge in [0.15, 0.2) is 0 Å². The molecule has 0 bridgehead atoms. The molecule has 0 spiro atoms. The standard InChI is InChI=1S/C16H24Si/c1-16(2,3)17(4,5)11-10-13-6-7-14-8-9-15(14)12-13/h6-7,10-12H,8-9H2,1-5H3/b11-10+. The summed E-state index contributed by atoms with van der Waals surface area (Å²) in [6.07, 6.45) is 4.90. The van der Waals surface area contributed by atoms with Crippen molar-refractivity contribution in [2.24, 2.45) is 0 Å². The Balaban J connectivity index is 2.17.